The van der Waals surface area contributed by atoms with Gasteiger partial charge in [0.1, 0.15) is 10.6 Å². The van der Waals surface area contributed by atoms with Crippen LogP contribution in [0.2, 0.25) is 0 Å². The summed E-state index contributed by atoms with van der Waals surface area (Å²) < 4.78 is 31.3. The maximum absolute atomic E-state index is 12.6. The average Bonchev–Trinajstić information content (AvgIpc) is 2.65. The molecule has 1 aliphatic heterocycles. The summed E-state index contributed by atoms with van der Waals surface area (Å²) in [6, 6.07) is 4.70. The minimum absolute atomic E-state index is 0.0134. The van der Waals surface area contributed by atoms with Gasteiger partial charge in [0, 0.05) is 38.8 Å². The molecule has 0 radical (unpaired) electrons. The third-order valence-corrected chi connectivity index (χ3v) is 6.89. The van der Waals surface area contributed by atoms with Gasteiger partial charge in [-0.15, -0.1) is 0 Å². The summed E-state index contributed by atoms with van der Waals surface area (Å²) in [6.07, 6.45) is 2.44. The Morgan fingerprint density at radius 3 is 2.70 bits per heavy atom. The Kier molecular flexibility index (Phi) is 7.25. The van der Waals surface area contributed by atoms with Crippen molar-refractivity contribution in [1.82, 2.24) is 14.5 Å². The Morgan fingerprint density at radius 1 is 1.41 bits per heavy atom. The fourth-order valence-electron chi connectivity index (χ4n) is 3.31. The van der Waals surface area contributed by atoms with Gasteiger partial charge in [-0.2, -0.15) is 0 Å². The fourth-order valence-corrected chi connectivity index (χ4v) is 4.39. The van der Waals surface area contributed by atoms with E-state index in [1.54, 1.807) is 6.07 Å². The van der Waals surface area contributed by atoms with E-state index in [2.05, 4.69) is 24.1 Å². The van der Waals surface area contributed by atoms with Crippen LogP contribution in [0.5, 0.6) is 5.75 Å². The molecule has 1 amide bonds. The Bertz CT molecular complexity index is 764. The van der Waals surface area contributed by atoms with E-state index in [-0.39, 0.29) is 22.6 Å². The highest BCUT2D eigenvalue weighted by molar-refractivity contribution is 7.89. The Morgan fingerprint density at radius 2 is 2.11 bits per heavy atom. The van der Waals surface area contributed by atoms with E-state index in [1.807, 2.05) is 0 Å². The van der Waals surface area contributed by atoms with Gasteiger partial charge in [-0.25, -0.2) is 12.7 Å². The lowest BCUT2D eigenvalue weighted by Crippen LogP contribution is -2.46. The fraction of sp³-hybridized carbons (Fsp3) is 0.632. The number of rotatable bonds is 7. The van der Waals surface area contributed by atoms with E-state index in [0.717, 1.165) is 17.4 Å². The number of amides is 1. The van der Waals surface area contributed by atoms with Crippen LogP contribution in [-0.4, -0.2) is 70.4 Å². The zero-order valence-corrected chi connectivity index (χ0v) is 17.7. The van der Waals surface area contributed by atoms with Gasteiger partial charge in [0.25, 0.3) is 5.91 Å². The molecule has 0 aromatic heterocycles. The maximum atomic E-state index is 12.6. The minimum Gasteiger partial charge on any atom is -0.495 e. The van der Waals surface area contributed by atoms with E-state index in [4.69, 9.17) is 4.74 Å². The van der Waals surface area contributed by atoms with Crippen molar-refractivity contribution >= 4 is 15.9 Å². The van der Waals surface area contributed by atoms with Gasteiger partial charge in [-0.3, -0.25) is 9.69 Å². The molecule has 1 saturated heterocycles. The maximum Gasteiger partial charge on any atom is 0.251 e. The number of methoxy groups -OCH3 is 1. The van der Waals surface area contributed by atoms with E-state index < -0.39 is 10.0 Å². The smallest absolute Gasteiger partial charge is 0.251 e. The molecular formula is C19H31N3O4S. The van der Waals surface area contributed by atoms with Crippen LogP contribution in [0.25, 0.3) is 0 Å². The van der Waals surface area contributed by atoms with Crippen molar-refractivity contribution in [2.24, 2.45) is 5.92 Å². The molecule has 1 aliphatic rings. The Balaban J connectivity index is 2.10. The van der Waals surface area contributed by atoms with Crippen LogP contribution >= 0.6 is 0 Å². The average molecular weight is 398 g/mol. The first kappa shape index (κ1) is 21.7. The van der Waals surface area contributed by atoms with E-state index >= 15 is 0 Å². The number of likely N-dealkylation sites (tertiary alicyclic amines) is 1. The van der Waals surface area contributed by atoms with Crippen molar-refractivity contribution in [3.8, 4) is 5.75 Å². The van der Waals surface area contributed by atoms with Crippen molar-refractivity contribution in [3.63, 3.8) is 0 Å². The highest BCUT2D eigenvalue weighted by atomic mass is 32.2. The number of hydrogen-bond acceptors (Lipinski definition) is 5. The van der Waals surface area contributed by atoms with E-state index in [0.29, 0.717) is 18.0 Å². The number of nitrogens with one attached hydrogen (secondary N) is 1. The summed E-state index contributed by atoms with van der Waals surface area (Å²) in [7, 11) is 0.592. The molecule has 2 atom stereocenters. The predicted octanol–water partition coefficient (Wildman–Crippen LogP) is 1.80. The first-order chi connectivity index (χ1) is 12.7. The predicted molar refractivity (Wildman–Crippen MR) is 106 cm³/mol. The molecular weight excluding hydrogens is 366 g/mol. The Labute approximate surface area is 162 Å². The molecule has 1 aromatic carbocycles. The molecule has 0 saturated carbocycles. The molecule has 0 aliphatic carbocycles. The lowest BCUT2D eigenvalue weighted by Gasteiger charge is -2.35. The zero-order chi connectivity index (χ0) is 20.2. The normalized spacial score (nSPS) is 19.7. The second kappa shape index (κ2) is 9.03. The first-order valence-electron chi connectivity index (χ1n) is 9.29. The lowest BCUT2D eigenvalue weighted by molar-refractivity contribution is 0.0917. The molecule has 1 N–H and O–H groups in total. The number of benzene rings is 1. The Hall–Kier alpha value is -1.64. The number of sulfonamides is 1. The van der Waals surface area contributed by atoms with Gasteiger partial charge in [0.15, 0.2) is 0 Å². The van der Waals surface area contributed by atoms with Gasteiger partial charge in [0.05, 0.1) is 7.11 Å². The monoisotopic (exact) mass is 397 g/mol. The second-order valence-corrected chi connectivity index (χ2v) is 9.57. The molecule has 1 aromatic rings. The molecule has 8 heteroatoms. The lowest BCUT2D eigenvalue weighted by atomic mass is 9.99. The summed E-state index contributed by atoms with van der Waals surface area (Å²) in [5.41, 5.74) is 0.301. The van der Waals surface area contributed by atoms with Gasteiger partial charge >= 0.3 is 0 Å². The zero-order valence-electron chi connectivity index (χ0n) is 16.9. The molecule has 0 unspecified atom stereocenters. The second-order valence-electron chi connectivity index (χ2n) is 7.45. The first-order valence-corrected chi connectivity index (χ1v) is 10.7. The third kappa shape index (κ3) is 5.21. The van der Waals surface area contributed by atoms with Crippen LogP contribution in [0, 0.1) is 5.92 Å². The van der Waals surface area contributed by atoms with Crippen molar-refractivity contribution in [1.29, 1.82) is 0 Å². The van der Waals surface area contributed by atoms with E-state index in [9.17, 15) is 13.2 Å². The van der Waals surface area contributed by atoms with Gasteiger partial charge in [-0.1, -0.05) is 6.92 Å². The standard InChI is InChI=1S/C19H31N3O4S/c1-14-7-6-10-22(13-14)15(2)12-20-19(23)16-8-9-17(26-5)18(11-16)27(24,25)21(3)4/h8-9,11,14-15H,6-7,10,12-13H2,1-5H3,(H,20,23)/t14-,15-/m0/s1. The topological polar surface area (TPSA) is 79.0 Å². The summed E-state index contributed by atoms with van der Waals surface area (Å²) in [5.74, 6) is 0.609. The van der Waals surface area contributed by atoms with Crippen LogP contribution in [0.3, 0.4) is 0 Å². The van der Waals surface area contributed by atoms with Crippen molar-refractivity contribution in [2.75, 3.05) is 40.8 Å². The molecule has 1 heterocycles. The van der Waals surface area contributed by atoms with E-state index in [1.165, 1.54) is 46.2 Å². The number of carbonyl (C=O) groups excluding carboxylic acids is 1. The molecule has 2 rings (SSSR count). The SMILES string of the molecule is COc1ccc(C(=O)NC[C@H](C)N2CCC[C@H](C)C2)cc1S(=O)(=O)N(C)C. The van der Waals surface area contributed by atoms with Gasteiger partial charge in [0.2, 0.25) is 10.0 Å². The number of piperidine rings is 1. The summed E-state index contributed by atoms with van der Waals surface area (Å²) in [6.45, 7) is 6.98. The molecule has 152 valence electrons. The number of carbonyl (C=O) groups is 1. The van der Waals surface area contributed by atoms with Crippen LogP contribution in [0.15, 0.2) is 23.1 Å². The van der Waals surface area contributed by atoms with Crippen molar-refractivity contribution in [3.05, 3.63) is 23.8 Å². The third-order valence-electron chi connectivity index (χ3n) is 5.05. The highest BCUT2D eigenvalue weighted by Crippen LogP contribution is 2.27. The highest BCUT2D eigenvalue weighted by Gasteiger charge is 2.25. The molecule has 1 fully saturated rings. The van der Waals surface area contributed by atoms with Gasteiger partial charge < -0.3 is 10.1 Å². The summed E-state index contributed by atoms with van der Waals surface area (Å²) in [4.78, 5) is 14.9. The molecule has 27 heavy (non-hydrogen) atoms. The molecule has 0 bridgehead atoms. The molecule has 0 spiro atoms. The largest absolute Gasteiger partial charge is 0.495 e. The quantitative estimate of drug-likeness (QED) is 0.759. The van der Waals surface area contributed by atoms with Crippen molar-refractivity contribution < 1.29 is 17.9 Å². The van der Waals surface area contributed by atoms with Crippen LogP contribution in [0.1, 0.15) is 37.0 Å². The summed E-state index contributed by atoms with van der Waals surface area (Å²) in [5, 5.41) is 2.93. The number of ether oxygens (including phenoxy) is 1. The van der Waals surface area contributed by atoms with Crippen molar-refractivity contribution in [2.45, 2.75) is 37.6 Å². The van der Waals surface area contributed by atoms with Crippen LogP contribution in [-0.2, 0) is 10.0 Å². The number of nitrogens with zero attached hydrogens (tertiary/aromatic N) is 2. The van der Waals surface area contributed by atoms with Gasteiger partial charge in [-0.05, 0) is 50.4 Å². The summed E-state index contributed by atoms with van der Waals surface area (Å²) >= 11 is 0. The molecule has 7 nitrogen and oxygen atoms in total. The minimum atomic E-state index is -3.71. The van der Waals surface area contributed by atoms with Crippen LogP contribution in [0.4, 0.5) is 0 Å². The van der Waals surface area contributed by atoms with Crippen LogP contribution < -0.4 is 10.1 Å². The number of hydrogen-bond donors (Lipinski definition) is 1.